The first-order chi connectivity index (χ1) is 8.66. The molecule has 1 aromatic rings. The first-order valence-electron chi connectivity index (χ1n) is 6.83. The van der Waals surface area contributed by atoms with Gasteiger partial charge in [0.1, 0.15) is 0 Å². The molecule has 2 N–H and O–H groups in total. The van der Waals surface area contributed by atoms with Crippen LogP contribution in [0.1, 0.15) is 50.7 Å². The average molecular weight is 312 g/mol. The second kappa shape index (κ2) is 6.69. The standard InChI is InChI=1S/C15H22BrNO/c1-11(17)15(12-7-9-13(16)10-8-12)18-14-5-3-2-4-6-14/h7-11,14-15H,2-6,17H2,1H3. The van der Waals surface area contributed by atoms with Crippen molar-refractivity contribution in [1.29, 1.82) is 0 Å². The van der Waals surface area contributed by atoms with Crippen LogP contribution in [0.25, 0.3) is 0 Å². The first kappa shape index (κ1) is 14.0. The lowest BCUT2D eigenvalue weighted by Crippen LogP contribution is -2.31. The van der Waals surface area contributed by atoms with Crippen LogP contribution < -0.4 is 5.73 Å². The maximum Gasteiger partial charge on any atom is 0.0976 e. The lowest BCUT2D eigenvalue weighted by atomic mass is 9.96. The molecule has 0 radical (unpaired) electrons. The fraction of sp³-hybridized carbons (Fsp3) is 0.600. The molecule has 100 valence electrons. The molecule has 1 fully saturated rings. The van der Waals surface area contributed by atoms with E-state index in [1.165, 1.54) is 37.7 Å². The second-order valence-electron chi connectivity index (χ2n) is 5.23. The van der Waals surface area contributed by atoms with E-state index >= 15 is 0 Å². The van der Waals surface area contributed by atoms with E-state index in [0.717, 1.165) is 4.47 Å². The summed E-state index contributed by atoms with van der Waals surface area (Å²) in [6.07, 6.45) is 6.69. The topological polar surface area (TPSA) is 35.2 Å². The van der Waals surface area contributed by atoms with Crippen molar-refractivity contribution in [2.45, 2.75) is 57.3 Å². The van der Waals surface area contributed by atoms with E-state index in [2.05, 4.69) is 40.2 Å². The Morgan fingerprint density at radius 1 is 1.17 bits per heavy atom. The smallest absolute Gasteiger partial charge is 0.0976 e. The Labute approximate surface area is 118 Å². The first-order valence-corrected chi connectivity index (χ1v) is 7.62. The second-order valence-corrected chi connectivity index (χ2v) is 6.14. The molecule has 2 unspecified atom stereocenters. The third kappa shape index (κ3) is 3.81. The summed E-state index contributed by atoms with van der Waals surface area (Å²) in [5, 5.41) is 0. The van der Waals surface area contributed by atoms with Crippen molar-refractivity contribution in [1.82, 2.24) is 0 Å². The average Bonchev–Trinajstić information content (AvgIpc) is 2.38. The Morgan fingerprint density at radius 2 is 1.78 bits per heavy atom. The number of nitrogens with two attached hydrogens (primary N) is 1. The molecule has 0 aromatic heterocycles. The van der Waals surface area contributed by atoms with Crippen LogP contribution >= 0.6 is 15.9 Å². The Bertz CT molecular complexity index is 357. The fourth-order valence-electron chi connectivity index (χ4n) is 2.57. The van der Waals surface area contributed by atoms with Crippen LogP contribution in [0, 0.1) is 0 Å². The van der Waals surface area contributed by atoms with E-state index in [0.29, 0.717) is 6.10 Å². The van der Waals surface area contributed by atoms with Gasteiger partial charge < -0.3 is 10.5 Å². The number of hydrogen-bond donors (Lipinski definition) is 1. The zero-order chi connectivity index (χ0) is 13.0. The highest BCUT2D eigenvalue weighted by molar-refractivity contribution is 9.10. The molecule has 0 amide bonds. The minimum Gasteiger partial charge on any atom is -0.369 e. The molecule has 1 aromatic carbocycles. The van der Waals surface area contributed by atoms with Gasteiger partial charge in [-0.05, 0) is 37.5 Å². The van der Waals surface area contributed by atoms with Gasteiger partial charge in [0.15, 0.2) is 0 Å². The molecule has 1 aliphatic rings. The summed E-state index contributed by atoms with van der Waals surface area (Å²) in [6.45, 7) is 2.02. The van der Waals surface area contributed by atoms with Gasteiger partial charge in [0.25, 0.3) is 0 Å². The van der Waals surface area contributed by atoms with Gasteiger partial charge in [-0.3, -0.25) is 0 Å². The van der Waals surface area contributed by atoms with Crippen LogP contribution in [0.4, 0.5) is 0 Å². The minimum atomic E-state index is 0.0150. The Hall–Kier alpha value is -0.380. The summed E-state index contributed by atoms with van der Waals surface area (Å²) in [5.41, 5.74) is 7.27. The molecule has 0 heterocycles. The number of hydrogen-bond acceptors (Lipinski definition) is 2. The summed E-state index contributed by atoms with van der Waals surface area (Å²) in [6, 6.07) is 8.32. The van der Waals surface area contributed by atoms with Crippen molar-refractivity contribution in [3.8, 4) is 0 Å². The number of benzene rings is 1. The predicted molar refractivity (Wildman–Crippen MR) is 78.5 cm³/mol. The van der Waals surface area contributed by atoms with E-state index in [9.17, 15) is 0 Å². The summed E-state index contributed by atoms with van der Waals surface area (Å²) in [4.78, 5) is 0. The molecule has 0 aliphatic heterocycles. The van der Waals surface area contributed by atoms with Gasteiger partial charge in [0, 0.05) is 10.5 Å². The van der Waals surface area contributed by atoms with Crippen LogP contribution in [0.15, 0.2) is 28.7 Å². The predicted octanol–water partition coefficient (Wildman–Crippen LogP) is 4.19. The third-order valence-corrected chi connectivity index (χ3v) is 4.10. The van der Waals surface area contributed by atoms with E-state index in [4.69, 9.17) is 10.5 Å². The Morgan fingerprint density at radius 3 is 2.33 bits per heavy atom. The highest BCUT2D eigenvalue weighted by atomic mass is 79.9. The molecule has 0 saturated heterocycles. The van der Waals surface area contributed by atoms with Crippen molar-refractivity contribution in [2.24, 2.45) is 5.73 Å². The number of ether oxygens (including phenoxy) is 1. The van der Waals surface area contributed by atoms with E-state index < -0.39 is 0 Å². The van der Waals surface area contributed by atoms with Gasteiger partial charge in [-0.15, -0.1) is 0 Å². The van der Waals surface area contributed by atoms with E-state index in [1.54, 1.807) is 0 Å². The summed E-state index contributed by atoms with van der Waals surface area (Å²) in [7, 11) is 0. The highest BCUT2D eigenvalue weighted by Crippen LogP contribution is 2.29. The van der Waals surface area contributed by atoms with Gasteiger partial charge in [-0.25, -0.2) is 0 Å². The monoisotopic (exact) mass is 311 g/mol. The zero-order valence-electron chi connectivity index (χ0n) is 10.9. The van der Waals surface area contributed by atoms with Crippen LogP contribution in [0.2, 0.25) is 0 Å². The third-order valence-electron chi connectivity index (χ3n) is 3.57. The quantitative estimate of drug-likeness (QED) is 0.905. The van der Waals surface area contributed by atoms with Crippen LogP contribution in [0.5, 0.6) is 0 Å². The van der Waals surface area contributed by atoms with Crippen LogP contribution in [-0.2, 0) is 4.74 Å². The fourth-order valence-corrected chi connectivity index (χ4v) is 2.83. The van der Waals surface area contributed by atoms with Crippen LogP contribution in [-0.4, -0.2) is 12.1 Å². The molecular formula is C15H22BrNO. The molecular weight excluding hydrogens is 290 g/mol. The summed E-state index contributed by atoms with van der Waals surface area (Å²) >= 11 is 3.46. The zero-order valence-corrected chi connectivity index (χ0v) is 12.5. The molecule has 3 heteroatoms. The molecule has 2 nitrogen and oxygen atoms in total. The van der Waals surface area contributed by atoms with Gasteiger partial charge in [-0.2, -0.15) is 0 Å². The Kier molecular flexibility index (Phi) is 5.22. The van der Waals surface area contributed by atoms with Crippen molar-refractivity contribution in [2.75, 3.05) is 0 Å². The molecule has 0 spiro atoms. The lowest BCUT2D eigenvalue weighted by Gasteiger charge is -2.30. The molecule has 0 bridgehead atoms. The maximum atomic E-state index is 6.24. The largest absolute Gasteiger partial charge is 0.369 e. The Balaban J connectivity index is 2.05. The SMILES string of the molecule is CC(N)C(OC1CCCCC1)c1ccc(Br)cc1. The van der Waals surface area contributed by atoms with Crippen LogP contribution in [0.3, 0.4) is 0 Å². The number of halogens is 1. The number of rotatable bonds is 4. The van der Waals surface area contributed by atoms with E-state index in [1.807, 2.05) is 6.92 Å². The normalized spacial score (nSPS) is 20.6. The molecule has 2 rings (SSSR count). The highest BCUT2D eigenvalue weighted by Gasteiger charge is 2.23. The molecule has 2 atom stereocenters. The molecule has 1 saturated carbocycles. The summed E-state index contributed by atoms with van der Waals surface area (Å²) < 4.78 is 7.33. The van der Waals surface area contributed by atoms with Gasteiger partial charge in [0.05, 0.1) is 12.2 Å². The van der Waals surface area contributed by atoms with E-state index in [-0.39, 0.29) is 12.1 Å². The minimum absolute atomic E-state index is 0.0150. The van der Waals surface area contributed by atoms with Gasteiger partial charge >= 0.3 is 0 Å². The molecule has 18 heavy (non-hydrogen) atoms. The lowest BCUT2D eigenvalue weighted by molar-refractivity contribution is -0.0406. The molecule has 1 aliphatic carbocycles. The van der Waals surface area contributed by atoms with Gasteiger partial charge in [-0.1, -0.05) is 47.3 Å². The summed E-state index contributed by atoms with van der Waals surface area (Å²) in [5.74, 6) is 0. The van der Waals surface area contributed by atoms with Crippen molar-refractivity contribution < 1.29 is 4.74 Å². The van der Waals surface area contributed by atoms with Gasteiger partial charge in [0.2, 0.25) is 0 Å². The van der Waals surface area contributed by atoms with Crippen molar-refractivity contribution in [3.05, 3.63) is 34.3 Å². The maximum absolute atomic E-state index is 6.24. The van der Waals surface area contributed by atoms with Crippen molar-refractivity contribution in [3.63, 3.8) is 0 Å². The van der Waals surface area contributed by atoms with Crippen molar-refractivity contribution >= 4 is 15.9 Å².